The molecule has 0 aromatic heterocycles. The summed E-state index contributed by atoms with van der Waals surface area (Å²) in [5.41, 5.74) is 1.33. The molecule has 0 aliphatic carbocycles. The predicted octanol–water partition coefficient (Wildman–Crippen LogP) is 4.66. The molecule has 0 bridgehead atoms. The minimum atomic E-state index is 0.700. The van der Waals surface area contributed by atoms with Gasteiger partial charge in [0.1, 0.15) is 0 Å². The van der Waals surface area contributed by atoms with Crippen LogP contribution in [0, 0.1) is 17.8 Å². The van der Waals surface area contributed by atoms with E-state index in [1.807, 2.05) is 0 Å². The van der Waals surface area contributed by atoms with Crippen LogP contribution in [0.1, 0.15) is 53.9 Å². The average molecular weight is 182 g/mol. The van der Waals surface area contributed by atoms with Crippen LogP contribution >= 0.6 is 0 Å². The van der Waals surface area contributed by atoms with E-state index < -0.39 is 0 Å². The molecule has 0 aliphatic rings. The molecular formula is C13H26. The monoisotopic (exact) mass is 182 g/mol. The van der Waals surface area contributed by atoms with Crippen molar-refractivity contribution >= 4 is 0 Å². The number of hydrogen-bond donors (Lipinski definition) is 0. The van der Waals surface area contributed by atoms with E-state index in [2.05, 4.69) is 41.2 Å². The zero-order chi connectivity index (χ0) is 10.4. The highest BCUT2D eigenvalue weighted by atomic mass is 14.2. The third-order valence-corrected chi connectivity index (χ3v) is 3.51. The maximum atomic E-state index is 4.00. The number of rotatable bonds is 6. The quantitative estimate of drug-likeness (QED) is 0.524. The van der Waals surface area contributed by atoms with E-state index in [4.69, 9.17) is 0 Å². The second-order valence-electron chi connectivity index (χ2n) is 4.69. The van der Waals surface area contributed by atoms with Gasteiger partial charge in [-0.05, 0) is 37.5 Å². The Bertz CT molecular complexity index is 146. The van der Waals surface area contributed by atoms with E-state index in [0.717, 1.165) is 11.8 Å². The van der Waals surface area contributed by atoms with Crippen LogP contribution in [-0.2, 0) is 0 Å². The first-order chi connectivity index (χ1) is 5.99. The minimum absolute atomic E-state index is 0.700. The lowest BCUT2D eigenvalue weighted by Gasteiger charge is -2.20. The topological polar surface area (TPSA) is 0 Å². The van der Waals surface area contributed by atoms with Gasteiger partial charge in [0.05, 0.1) is 0 Å². The first kappa shape index (κ1) is 12.7. The Labute approximate surface area is 84.4 Å². The van der Waals surface area contributed by atoms with E-state index in [9.17, 15) is 0 Å². The summed E-state index contributed by atoms with van der Waals surface area (Å²) < 4.78 is 0. The highest BCUT2D eigenvalue weighted by Crippen LogP contribution is 2.24. The molecule has 0 aromatic carbocycles. The Kier molecular flexibility index (Phi) is 6.11. The molecule has 0 rings (SSSR count). The lowest BCUT2D eigenvalue weighted by molar-refractivity contribution is 0.333. The Hall–Kier alpha value is -0.260. The van der Waals surface area contributed by atoms with Gasteiger partial charge in [0, 0.05) is 0 Å². The van der Waals surface area contributed by atoms with Gasteiger partial charge in [0.15, 0.2) is 0 Å². The second kappa shape index (κ2) is 6.23. The fourth-order valence-electron chi connectivity index (χ4n) is 1.45. The van der Waals surface area contributed by atoms with Crippen molar-refractivity contribution in [3.05, 3.63) is 12.2 Å². The third kappa shape index (κ3) is 5.13. The zero-order valence-corrected chi connectivity index (χ0v) is 10.1. The van der Waals surface area contributed by atoms with Crippen LogP contribution in [0.3, 0.4) is 0 Å². The van der Waals surface area contributed by atoms with Crippen LogP contribution in [0.4, 0.5) is 0 Å². The smallest absolute Gasteiger partial charge is 0.0237 e. The lowest BCUT2D eigenvalue weighted by Crippen LogP contribution is -2.08. The van der Waals surface area contributed by atoms with Crippen LogP contribution in [0.15, 0.2) is 12.2 Å². The van der Waals surface area contributed by atoms with Crippen molar-refractivity contribution in [3.8, 4) is 0 Å². The van der Waals surface area contributed by atoms with Crippen molar-refractivity contribution in [1.82, 2.24) is 0 Å². The summed E-state index contributed by atoms with van der Waals surface area (Å²) in [6.07, 6.45) is 3.96. The summed E-state index contributed by atoms with van der Waals surface area (Å²) in [5.74, 6) is 2.44. The molecule has 0 radical (unpaired) electrons. The summed E-state index contributed by atoms with van der Waals surface area (Å²) in [7, 11) is 0. The van der Waals surface area contributed by atoms with Gasteiger partial charge in [-0.15, -0.1) is 0 Å². The van der Waals surface area contributed by atoms with Gasteiger partial charge in [0.2, 0.25) is 0 Å². The molecule has 0 spiro atoms. The van der Waals surface area contributed by atoms with Gasteiger partial charge < -0.3 is 0 Å². The molecule has 0 heterocycles. The first-order valence-corrected chi connectivity index (χ1v) is 5.64. The summed E-state index contributed by atoms with van der Waals surface area (Å²) in [5, 5.41) is 0. The molecule has 3 atom stereocenters. The highest BCUT2D eigenvalue weighted by Gasteiger charge is 2.11. The fraction of sp³-hybridized carbons (Fsp3) is 0.846. The summed E-state index contributed by atoms with van der Waals surface area (Å²) in [6.45, 7) is 15.4. The Morgan fingerprint density at radius 3 is 2.00 bits per heavy atom. The summed E-state index contributed by atoms with van der Waals surface area (Å²) in [6, 6.07) is 0. The molecule has 78 valence electrons. The van der Waals surface area contributed by atoms with Gasteiger partial charge in [-0.3, -0.25) is 0 Å². The lowest BCUT2D eigenvalue weighted by atomic mass is 9.86. The maximum absolute atomic E-state index is 4.00. The predicted molar refractivity (Wildman–Crippen MR) is 61.8 cm³/mol. The SMILES string of the molecule is C=C(C)C(C)CCC(C)C(C)CC. The maximum Gasteiger partial charge on any atom is -0.0237 e. The normalized spacial score (nSPS) is 17.9. The van der Waals surface area contributed by atoms with Crippen molar-refractivity contribution in [2.24, 2.45) is 17.8 Å². The largest absolute Gasteiger partial charge is 0.0999 e. The Morgan fingerprint density at radius 1 is 1.08 bits per heavy atom. The zero-order valence-electron chi connectivity index (χ0n) is 10.1. The molecule has 0 saturated carbocycles. The molecule has 0 amide bonds. The van der Waals surface area contributed by atoms with Crippen molar-refractivity contribution in [3.63, 3.8) is 0 Å². The standard InChI is InChI=1S/C13H26/c1-7-11(4)13(6)9-8-12(5)10(2)3/h11-13H,2,7-9H2,1,3-6H3. The van der Waals surface area contributed by atoms with Crippen LogP contribution in [0.25, 0.3) is 0 Å². The van der Waals surface area contributed by atoms with Crippen molar-refractivity contribution in [2.45, 2.75) is 53.9 Å². The van der Waals surface area contributed by atoms with Gasteiger partial charge in [-0.2, -0.15) is 0 Å². The summed E-state index contributed by atoms with van der Waals surface area (Å²) >= 11 is 0. The molecule has 0 nitrogen and oxygen atoms in total. The van der Waals surface area contributed by atoms with Gasteiger partial charge in [-0.1, -0.05) is 46.3 Å². The van der Waals surface area contributed by atoms with Crippen molar-refractivity contribution in [1.29, 1.82) is 0 Å². The number of allylic oxidation sites excluding steroid dienone is 1. The van der Waals surface area contributed by atoms with Gasteiger partial charge in [0.25, 0.3) is 0 Å². The molecule has 0 heteroatoms. The third-order valence-electron chi connectivity index (χ3n) is 3.51. The van der Waals surface area contributed by atoms with Crippen LogP contribution in [-0.4, -0.2) is 0 Å². The Balaban J connectivity index is 3.69. The highest BCUT2D eigenvalue weighted by molar-refractivity contribution is 4.93. The molecule has 13 heavy (non-hydrogen) atoms. The van der Waals surface area contributed by atoms with Crippen LogP contribution in [0.5, 0.6) is 0 Å². The molecule has 0 fully saturated rings. The second-order valence-corrected chi connectivity index (χ2v) is 4.69. The average Bonchev–Trinajstić information content (AvgIpc) is 2.11. The molecule has 0 aromatic rings. The van der Waals surface area contributed by atoms with E-state index in [0.29, 0.717) is 5.92 Å². The Morgan fingerprint density at radius 2 is 1.62 bits per heavy atom. The number of hydrogen-bond acceptors (Lipinski definition) is 0. The van der Waals surface area contributed by atoms with E-state index in [1.165, 1.54) is 24.8 Å². The molecule has 0 N–H and O–H groups in total. The van der Waals surface area contributed by atoms with Crippen LogP contribution < -0.4 is 0 Å². The van der Waals surface area contributed by atoms with E-state index in [1.54, 1.807) is 0 Å². The van der Waals surface area contributed by atoms with E-state index >= 15 is 0 Å². The first-order valence-electron chi connectivity index (χ1n) is 5.64. The summed E-state index contributed by atoms with van der Waals surface area (Å²) in [4.78, 5) is 0. The molecular weight excluding hydrogens is 156 g/mol. The van der Waals surface area contributed by atoms with Crippen LogP contribution in [0.2, 0.25) is 0 Å². The molecule has 0 saturated heterocycles. The fourth-order valence-corrected chi connectivity index (χ4v) is 1.45. The minimum Gasteiger partial charge on any atom is -0.0999 e. The molecule has 3 unspecified atom stereocenters. The van der Waals surface area contributed by atoms with Crippen molar-refractivity contribution in [2.75, 3.05) is 0 Å². The van der Waals surface area contributed by atoms with Gasteiger partial charge in [-0.25, -0.2) is 0 Å². The van der Waals surface area contributed by atoms with Crippen molar-refractivity contribution < 1.29 is 0 Å². The van der Waals surface area contributed by atoms with Gasteiger partial charge >= 0.3 is 0 Å². The van der Waals surface area contributed by atoms with E-state index in [-0.39, 0.29) is 0 Å². The molecule has 0 aliphatic heterocycles.